The first-order chi connectivity index (χ1) is 14.2. The van der Waals surface area contributed by atoms with Gasteiger partial charge in [0.25, 0.3) is 5.91 Å². The molecule has 0 saturated carbocycles. The van der Waals surface area contributed by atoms with Gasteiger partial charge in [0, 0.05) is 23.5 Å². The van der Waals surface area contributed by atoms with E-state index >= 15 is 0 Å². The predicted molar refractivity (Wildman–Crippen MR) is 112 cm³/mol. The zero-order valence-corrected chi connectivity index (χ0v) is 16.2. The van der Waals surface area contributed by atoms with Gasteiger partial charge in [-0.05, 0) is 49.9 Å². The second-order valence-electron chi connectivity index (χ2n) is 7.26. The topological polar surface area (TPSA) is 64.7 Å². The molecular weight excluding hydrogens is 362 g/mol. The van der Waals surface area contributed by atoms with E-state index < -0.39 is 0 Å². The molecule has 2 aromatic heterocycles. The van der Waals surface area contributed by atoms with Gasteiger partial charge >= 0.3 is 0 Å². The first kappa shape index (κ1) is 17.4. The third-order valence-corrected chi connectivity index (χ3v) is 5.34. The van der Waals surface area contributed by atoms with Gasteiger partial charge in [-0.15, -0.1) is 0 Å². The fraction of sp³-hybridized carbons (Fsp3) is 0.174. The van der Waals surface area contributed by atoms with Crippen LogP contribution in [0.2, 0.25) is 0 Å². The Balaban J connectivity index is 1.45. The fourth-order valence-corrected chi connectivity index (χ4v) is 3.91. The van der Waals surface area contributed by atoms with Crippen LogP contribution in [0.1, 0.15) is 33.7 Å². The van der Waals surface area contributed by atoms with Crippen molar-refractivity contribution in [3.05, 3.63) is 89.4 Å². The van der Waals surface area contributed by atoms with Gasteiger partial charge in [0.2, 0.25) is 0 Å². The average Bonchev–Trinajstić information content (AvgIpc) is 3.46. The molecule has 0 atom stereocenters. The molecule has 0 unspecified atom stereocenters. The average molecular weight is 383 g/mol. The second-order valence-corrected chi connectivity index (χ2v) is 7.26. The number of rotatable bonds is 4. The minimum atomic E-state index is -0.214. The number of aryl methyl sites for hydroxylation is 1. The van der Waals surface area contributed by atoms with E-state index in [1.807, 2.05) is 59.4 Å². The van der Waals surface area contributed by atoms with Crippen molar-refractivity contribution in [3.63, 3.8) is 0 Å². The number of para-hydroxylation sites is 2. The summed E-state index contributed by atoms with van der Waals surface area (Å²) in [5.74, 6) is 0.296. The monoisotopic (exact) mass is 383 g/mol. The molecule has 0 aliphatic heterocycles. The van der Waals surface area contributed by atoms with E-state index in [1.165, 1.54) is 0 Å². The molecule has 144 valence electrons. The third-order valence-electron chi connectivity index (χ3n) is 5.34. The normalized spacial score (nSPS) is 12.7. The maximum Gasteiger partial charge on any atom is 0.277 e. The number of amides is 1. The molecule has 2 aromatic carbocycles. The SMILES string of the molecule is Cc1ccccc1-n1nc(C(=O)Nc2ccn(-c3ccccc3)n2)c2c1CCC2. The third kappa shape index (κ3) is 3.12. The summed E-state index contributed by atoms with van der Waals surface area (Å²) in [5, 5.41) is 12.1. The Labute approximate surface area is 168 Å². The lowest BCUT2D eigenvalue weighted by Crippen LogP contribution is -2.15. The maximum absolute atomic E-state index is 13.0. The summed E-state index contributed by atoms with van der Waals surface area (Å²) in [4.78, 5) is 13.0. The van der Waals surface area contributed by atoms with E-state index in [0.717, 1.165) is 47.5 Å². The molecule has 5 rings (SSSR count). The molecule has 0 bridgehead atoms. The summed E-state index contributed by atoms with van der Waals surface area (Å²) in [6.07, 6.45) is 4.69. The highest BCUT2D eigenvalue weighted by atomic mass is 16.2. The van der Waals surface area contributed by atoms with Crippen LogP contribution >= 0.6 is 0 Å². The van der Waals surface area contributed by atoms with Gasteiger partial charge in [-0.3, -0.25) is 4.79 Å². The number of nitrogens with one attached hydrogen (secondary N) is 1. The van der Waals surface area contributed by atoms with Crippen LogP contribution in [0, 0.1) is 6.92 Å². The summed E-state index contributed by atoms with van der Waals surface area (Å²) in [6.45, 7) is 2.06. The van der Waals surface area contributed by atoms with E-state index in [9.17, 15) is 4.79 Å². The minimum absolute atomic E-state index is 0.214. The summed E-state index contributed by atoms with van der Waals surface area (Å²) < 4.78 is 3.68. The molecular formula is C23H21N5O. The van der Waals surface area contributed by atoms with Gasteiger partial charge in [-0.2, -0.15) is 10.2 Å². The number of carbonyl (C=O) groups is 1. The van der Waals surface area contributed by atoms with Crippen LogP contribution in [0.25, 0.3) is 11.4 Å². The molecule has 0 radical (unpaired) electrons. The predicted octanol–water partition coefficient (Wildman–Crippen LogP) is 4.11. The maximum atomic E-state index is 13.0. The van der Waals surface area contributed by atoms with Crippen LogP contribution in [0.5, 0.6) is 0 Å². The standard InChI is InChI=1S/C23H21N5O/c1-16-8-5-6-12-19(16)28-20-13-7-11-18(20)22(26-28)23(29)24-21-14-15-27(25-21)17-9-3-2-4-10-17/h2-6,8-10,12,14-15H,7,11,13H2,1H3,(H,24,25,29). The van der Waals surface area contributed by atoms with Crippen LogP contribution < -0.4 is 5.32 Å². The minimum Gasteiger partial charge on any atom is -0.304 e. The molecule has 1 amide bonds. The summed E-state index contributed by atoms with van der Waals surface area (Å²) in [6, 6.07) is 19.7. The van der Waals surface area contributed by atoms with Gasteiger partial charge in [-0.25, -0.2) is 9.36 Å². The summed E-state index contributed by atoms with van der Waals surface area (Å²) in [5.41, 5.74) is 5.79. The Hall–Kier alpha value is -3.67. The first-order valence-corrected chi connectivity index (χ1v) is 9.80. The van der Waals surface area contributed by atoms with Crippen LogP contribution in [-0.4, -0.2) is 25.5 Å². The Kier molecular flexibility index (Phi) is 4.24. The van der Waals surface area contributed by atoms with Gasteiger partial charge in [0.1, 0.15) is 0 Å². The van der Waals surface area contributed by atoms with Crippen LogP contribution in [0.4, 0.5) is 5.82 Å². The molecule has 4 aromatic rings. The highest BCUT2D eigenvalue weighted by Crippen LogP contribution is 2.29. The first-order valence-electron chi connectivity index (χ1n) is 9.80. The zero-order valence-electron chi connectivity index (χ0n) is 16.2. The van der Waals surface area contributed by atoms with Gasteiger partial charge in [0.15, 0.2) is 11.5 Å². The van der Waals surface area contributed by atoms with E-state index in [0.29, 0.717) is 11.5 Å². The van der Waals surface area contributed by atoms with Gasteiger partial charge in [-0.1, -0.05) is 36.4 Å². The fourth-order valence-electron chi connectivity index (χ4n) is 3.91. The Morgan fingerprint density at radius 3 is 2.59 bits per heavy atom. The number of nitrogens with zero attached hydrogens (tertiary/aromatic N) is 4. The number of carbonyl (C=O) groups excluding carboxylic acids is 1. The van der Waals surface area contributed by atoms with Crippen LogP contribution in [0.3, 0.4) is 0 Å². The van der Waals surface area contributed by atoms with E-state index in [2.05, 4.69) is 23.4 Å². The zero-order chi connectivity index (χ0) is 19.8. The van der Waals surface area contributed by atoms with Gasteiger partial charge < -0.3 is 5.32 Å². The number of anilines is 1. The molecule has 29 heavy (non-hydrogen) atoms. The smallest absolute Gasteiger partial charge is 0.277 e. The van der Waals surface area contributed by atoms with Crippen molar-refractivity contribution < 1.29 is 4.79 Å². The van der Waals surface area contributed by atoms with E-state index in [1.54, 1.807) is 10.7 Å². The van der Waals surface area contributed by atoms with Crippen molar-refractivity contribution in [1.82, 2.24) is 19.6 Å². The molecule has 1 N–H and O–H groups in total. The van der Waals surface area contributed by atoms with E-state index in [4.69, 9.17) is 5.10 Å². The largest absolute Gasteiger partial charge is 0.304 e. The molecule has 0 fully saturated rings. The molecule has 1 aliphatic rings. The molecule has 0 saturated heterocycles. The molecule has 0 spiro atoms. The Bertz CT molecular complexity index is 1190. The van der Waals surface area contributed by atoms with Crippen molar-refractivity contribution in [1.29, 1.82) is 0 Å². The van der Waals surface area contributed by atoms with Crippen LogP contribution in [0.15, 0.2) is 66.9 Å². The van der Waals surface area contributed by atoms with Crippen LogP contribution in [-0.2, 0) is 12.8 Å². The lowest BCUT2D eigenvalue weighted by Gasteiger charge is -2.08. The molecule has 1 aliphatic carbocycles. The molecule has 2 heterocycles. The van der Waals surface area contributed by atoms with Crippen molar-refractivity contribution in [2.45, 2.75) is 26.2 Å². The highest BCUT2D eigenvalue weighted by Gasteiger charge is 2.27. The van der Waals surface area contributed by atoms with Crippen molar-refractivity contribution in [3.8, 4) is 11.4 Å². The Morgan fingerprint density at radius 2 is 1.76 bits per heavy atom. The number of hydrogen-bond acceptors (Lipinski definition) is 3. The number of fused-ring (bicyclic) bond motifs is 1. The Morgan fingerprint density at radius 1 is 0.966 bits per heavy atom. The molecule has 6 nitrogen and oxygen atoms in total. The van der Waals surface area contributed by atoms with Gasteiger partial charge in [0.05, 0.1) is 11.4 Å². The van der Waals surface area contributed by atoms with E-state index in [-0.39, 0.29) is 5.91 Å². The molecule has 6 heteroatoms. The quantitative estimate of drug-likeness (QED) is 0.577. The summed E-state index contributed by atoms with van der Waals surface area (Å²) in [7, 11) is 0. The number of aromatic nitrogens is 4. The lowest BCUT2D eigenvalue weighted by atomic mass is 10.2. The summed E-state index contributed by atoms with van der Waals surface area (Å²) >= 11 is 0. The lowest BCUT2D eigenvalue weighted by molar-refractivity contribution is 0.102. The van der Waals surface area contributed by atoms with Crippen molar-refractivity contribution in [2.24, 2.45) is 0 Å². The number of benzene rings is 2. The van der Waals surface area contributed by atoms with Crippen molar-refractivity contribution in [2.75, 3.05) is 5.32 Å². The van der Waals surface area contributed by atoms with Crippen molar-refractivity contribution >= 4 is 11.7 Å². The second kappa shape index (κ2) is 7.05. The number of hydrogen-bond donors (Lipinski definition) is 1. The highest BCUT2D eigenvalue weighted by molar-refractivity contribution is 6.03.